The maximum absolute atomic E-state index is 12.2. The summed E-state index contributed by atoms with van der Waals surface area (Å²) >= 11 is 0. The molecule has 1 aromatic rings. The summed E-state index contributed by atoms with van der Waals surface area (Å²) < 4.78 is 5.40. The van der Waals surface area contributed by atoms with Crippen LogP contribution >= 0.6 is 0 Å². The van der Waals surface area contributed by atoms with Gasteiger partial charge in [-0.3, -0.25) is 4.79 Å². The van der Waals surface area contributed by atoms with E-state index in [1.54, 1.807) is 29.2 Å². The number of amides is 3. The number of nitrogens with two attached hydrogens (primary N) is 1. The number of hydrogen-bond acceptors (Lipinski definition) is 3. The summed E-state index contributed by atoms with van der Waals surface area (Å²) in [4.78, 5) is 24.7. The first-order valence-electron chi connectivity index (χ1n) is 6.13. The standard InChI is InChI=1S/C13H17N3O3/c1-9-8-16(6-7-19-9)12(17)10-2-4-11(5-3-10)15-13(14)18/h2-5,9H,6-8H2,1H3,(H3,14,15,18). The van der Waals surface area contributed by atoms with Gasteiger partial charge in [-0.05, 0) is 31.2 Å². The monoisotopic (exact) mass is 263 g/mol. The van der Waals surface area contributed by atoms with E-state index in [0.29, 0.717) is 30.9 Å². The lowest BCUT2D eigenvalue weighted by molar-refractivity contribution is -0.0124. The van der Waals surface area contributed by atoms with E-state index in [4.69, 9.17) is 10.5 Å². The predicted molar refractivity (Wildman–Crippen MR) is 71.0 cm³/mol. The average molecular weight is 263 g/mol. The fraction of sp³-hybridized carbons (Fsp3) is 0.385. The van der Waals surface area contributed by atoms with Gasteiger partial charge in [-0.15, -0.1) is 0 Å². The number of urea groups is 1. The number of nitrogens with zero attached hydrogens (tertiary/aromatic N) is 1. The van der Waals surface area contributed by atoms with Crippen LogP contribution in [0.4, 0.5) is 10.5 Å². The average Bonchev–Trinajstić information content (AvgIpc) is 2.38. The first kappa shape index (κ1) is 13.4. The molecule has 2 rings (SSSR count). The minimum Gasteiger partial charge on any atom is -0.375 e. The minimum absolute atomic E-state index is 0.0271. The van der Waals surface area contributed by atoms with Crippen LogP contribution in [-0.4, -0.2) is 42.6 Å². The minimum atomic E-state index is -0.624. The van der Waals surface area contributed by atoms with Crippen LogP contribution in [0.3, 0.4) is 0 Å². The lowest BCUT2D eigenvalue weighted by atomic mass is 10.1. The second-order valence-corrected chi connectivity index (χ2v) is 4.50. The van der Waals surface area contributed by atoms with E-state index in [1.165, 1.54) is 0 Å². The molecule has 0 aromatic heterocycles. The van der Waals surface area contributed by atoms with Gasteiger partial charge in [0.15, 0.2) is 0 Å². The van der Waals surface area contributed by atoms with Crippen molar-refractivity contribution in [3.63, 3.8) is 0 Å². The molecule has 0 spiro atoms. The molecule has 1 aromatic carbocycles. The molecule has 0 saturated carbocycles. The summed E-state index contributed by atoms with van der Waals surface area (Å²) in [6.07, 6.45) is 0.0634. The number of hydrogen-bond donors (Lipinski definition) is 2. The topological polar surface area (TPSA) is 84.7 Å². The summed E-state index contributed by atoms with van der Waals surface area (Å²) in [5.74, 6) is -0.0271. The highest BCUT2D eigenvalue weighted by molar-refractivity contribution is 5.95. The van der Waals surface area contributed by atoms with Gasteiger partial charge in [-0.1, -0.05) is 0 Å². The molecule has 6 heteroatoms. The van der Waals surface area contributed by atoms with Gasteiger partial charge in [0.25, 0.3) is 5.91 Å². The Morgan fingerprint density at radius 1 is 1.37 bits per heavy atom. The van der Waals surface area contributed by atoms with E-state index in [2.05, 4.69) is 5.32 Å². The van der Waals surface area contributed by atoms with E-state index in [-0.39, 0.29) is 12.0 Å². The molecule has 102 valence electrons. The smallest absolute Gasteiger partial charge is 0.316 e. The quantitative estimate of drug-likeness (QED) is 0.836. The third-order valence-electron chi connectivity index (χ3n) is 2.93. The zero-order valence-electron chi connectivity index (χ0n) is 10.8. The van der Waals surface area contributed by atoms with E-state index >= 15 is 0 Å². The molecule has 6 nitrogen and oxygen atoms in total. The normalized spacial score (nSPS) is 19.0. The molecular formula is C13H17N3O3. The summed E-state index contributed by atoms with van der Waals surface area (Å²) in [5.41, 5.74) is 6.17. The highest BCUT2D eigenvalue weighted by Gasteiger charge is 2.22. The Morgan fingerprint density at radius 2 is 2.05 bits per heavy atom. The molecule has 1 heterocycles. The highest BCUT2D eigenvalue weighted by Crippen LogP contribution is 2.13. The molecule has 3 amide bonds. The molecule has 19 heavy (non-hydrogen) atoms. The second kappa shape index (κ2) is 5.71. The van der Waals surface area contributed by atoms with Crippen LogP contribution in [-0.2, 0) is 4.74 Å². The Hall–Kier alpha value is -2.08. The molecular weight excluding hydrogens is 246 g/mol. The van der Waals surface area contributed by atoms with Crippen molar-refractivity contribution in [2.75, 3.05) is 25.0 Å². The lowest BCUT2D eigenvalue weighted by Crippen LogP contribution is -2.44. The summed E-state index contributed by atoms with van der Waals surface area (Å²) in [5, 5.41) is 2.45. The van der Waals surface area contributed by atoms with Crippen LogP contribution in [0.1, 0.15) is 17.3 Å². The van der Waals surface area contributed by atoms with Gasteiger partial charge >= 0.3 is 6.03 Å². The molecule has 1 aliphatic heterocycles. The Labute approximate surface area is 111 Å². The first-order valence-corrected chi connectivity index (χ1v) is 6.13. The SMILES string of the molecule is CC1CN(C(=O)c2ccc(NC(N)=O)cc2)CCO1. The van der Waals surface area contributed by atoms with Gasteiger partial charge in [0, 0.05) is 24.3 Å². The van der Waals surface area contributed by atoms with Crippen molar-refractivity contribution in [1.82, 2.24) is 4.90 Å². The van der Waals surface area contributed by atoms with Gasteiger partial charge in [-0.2, -0.15) is 0 Å². The van der Waals surface area contributed by atoms with Crippen LogP contribution in [0.5, 0.6) is 0 Å². The Balaban J connectivity index is 2.04. The first-order chi connectivity index (χ1) is 9.06. The van der Waals surface area contributed by atoms with Crippen molar-refractivity contribution in [1.29, 1.82) is 0 Å². The van der Waals surface area contributed by atoms with Gasteiger partial charge < -0.3 is 20.7 Å². The Morgan fingerprint density at radius 3 is 2.63 bits per heavy atom. The number of benzene rings is 1. The summed E-state index contributed by atoms with van der Waals surface area (Å²) in [7, 11) is 0. The third kappa shape index (κ3) is 3.45. The predicted octanol–water partition coefficient (Wildman–Crippen LogP) is 1.04. The lowest BCUT2D eigenvalue weighted by Gasteiger charge is -2.31. The van der Waals surface area contributed by atoms with Crippen molar-refractivity contribution in [3.05, 3.63) is 29.8 Å². The number of rotatable bonds is 2. The van der Waals surface area contributed by atoms with Crippen molar-refractivity contribution in [2.24, 2.45) is 5.73 Å². The number of carbonyl (C=O) groups excluding carboxylic acids is 2. The zero-order valence-corrected chi connectivity index (χ0v) is 10.8. The van der Waals surface area contributed by atoms with Gasteiger partial charge in [0.2, 0.25) is 0 Å². The number of anilines is 1. The maximum atomic E-state index is 12.2. The number of primary amides is 1. The molecule has 0 radical (unpaired) electrons. The maximum Gasteiger partial charge on any atom is 0.316 e. The van der Waals surface area contributed by atoms with Crippen molar-refractivity contribution >= 4 is 17.6 Å². The van der Waals surface area contributed by atoms with Gasteiger partial charge in [-0.25, -0.2) is 4.79 Å². The van der Waals surface area contributed by atoms with Gasteiger partial charge in [0.05, 0.1) is 12.7 Å². The van der Waals surface area contributed by atoms with Crippen LogP contribution < -0.4 is 11.1 Å². The van der Waals surface area contributed by atoms with Crippen molar-refractivity contribution in [2.45, 2.75) is 13.0 Å². The van der Waals surface area contributed by atoms with Crippen molar-refractivity contribution < 1.29 is 14.3 Å². The summed E-state index contributed by atoms with van der Waals surface area (Å²) in [6, 6.07) is 6.03. The Bertz CT molecular complexity index is 473. The van der Waals surface area contributed by atoms with E-state index < -0.39 is 6.03 Å². The van der Waals surface area contributed by atoms with Crippen LogP contribution in [0.15, 0.2) is 24.3 Å². The van der Waals surface area contributed by atoms with E-state index in [9.17, 15) is 9.59 Å². The number of morpholine rings is 1. The zero-order chi connectivity index (χ0) is 13.8. The largest absolute Gasteiger partial charge is 0.375 e. The fourth-order valence-electron chi connectivity index (χ4n) is 2.02. The second-order valence-electron chi connectivity index (χ2n) is 4.50. The molecule has 1 unspecified atom stereocenters. The van der Waals surface area contributed by atoms with E-state index in [0.717, 1.165) is 0 Å². The van der Waals surface area contributed by atoms with Crippen LogP contribution in [0.2, 0.25) is 0 Å². The molecule has 1 saturated heterocycles. The van der Waals surface area contributed by atoms with Crippen LogP contribution in [0.25, 0.3) is 0 Å². The number of carbonyl (C=O) groups is 2. The summed E-state index contributed by atoms with van der Waals surface area (Å²) in [6.45, 7) is 3.71. The fourth-order valence-corrected chi connectivity index (χ4v) is 2.02. The van der Waals surface area contributed by atoms with Crippen LogP contribution in [0, 0.1) is 0 Å². The van der Waals surface area contributed by atoms with E-state index in [1.807, 2.05) is 6.92 Å². The molecule has 0 aliphatic carbocycles. The molecule has 1 fully saturated rings. The third-order valence-corrected chi connectivity index (χ3v) is 2.93. The molecule has 3 N–H and O–H groups in total. The molecule has 1 atom stereocenters. The van der Waals surface area contributed by atoms with Crippen molar-refractivity contribution in [3.8, 4) is 0 Å². The molecule has 1 aliphatic rings. The van der Waals surface area contributed by atoms with Gasteiger partial charge in [0.1, 0.15) is 0 Å². The number of nitrogens with one attached hydrogen (secondary N) is 1. The molecule has 0 bridgehead atoms. The highest BCUT2D eigenvalue weighted by atomic mass is 16.5. The Kier molecular flexibility index (Phi) is 4.01. The number of ether oxygens (including phenoxy) is 1.